The predicted molar refractivity (Wildman–Crippen MR) is 56.9 cm³/mol. The van der Waals surface area contributed by atoms with E-state index in [0.29, 0.717) is 6.54 Å². The molecule has 0 unspecified atom stereocenters. The highest BCUT2D eigenvalue weighted by Gasteiger charge is 2.14. The van der Waals surface area contributed by atoms with Gasteiger partial charge in [0.1, 0.15) is 0 Å². The summed E-state index contributed by atoms with van der Waals surface area (Å²) in [4.78, 5) is 12.0. The number of benzene rings is 1. The lowest BCUT2D eigenvalue weighted by Gasteiger charge is -1.98. The molecule has 0 atom stereocenters. The SMILES string of the molecule is Nc1nn(Cc2ccccc2)nc1C(=O)O. The Labute approximate surface area is 91.3 Å². The van der Waals surface area contributed by atoms with Crippen LogP contribution in [0.3, 0.4) is 0 Å². The van der Waals surface area contributed by atoms with Crippen molar-refractivity contribution >= 4 is 11.8 Å². The quantitative estimate of drug-likeness (QED) is 0.787. The molecule has 6 nitrogen and oxygen atoms in total. The summed E-state index contributed by atoms with van der Waals surface area (Å²) >= 11 is 0. The Balaban J connectivity index is 2.23. The van der Waals surface area contributed by atoms with Crippen LogP contribution in [0.4, 0.5) is 5.82 Å². The minimum atomic E-state index is -1.17. The van der Waals surface area contributed by atoms with E-state index in [4.69, 9.17) is 10.8 Å². The molecule has 2 aromatic rings. The van der Waals surface area contributed by atoms with Crippen LogP contribution in [0.25, 0.3) is 0 Å². The number of rotatable bonds is 3. The van der Waals surface area contributed by atoms with E-state index in [9.17, 15) is 4.79 Å². The van der Waals surface area contributed by atoms with Crippen LogP contribution < -0.4 is 5.73 Å². The van der Waals surface area contributed by atoms with E-state index in [1.807, 2.05) is 30.3 Å². The summed E-state index contributed by atoms with van der Waals surface area (Å²) in [5.41, 5.74) is 6.19. The maximum absolute atomic E-state index is 10.7. The first-order valence-electron chi connectivity index (χ1n) is 4.64. The molecule has 0 aliphatic carbocycles. The van der Waals surface area contributed by atoms with E-state index in [-0.39, 0.29) is 11.5 Å². The zero-order valence-electron chi connectivity index (χ0n) is 8.37. The van der Waals surface area contributed by atoms with Gasteiger partial charge in [-0.15, -0.1) is 10.2 Å². The fourth-order valence-electron chi connectivity index (χ4n) is 1.33. The van der Waals surface area contributed by atoms with E-state index >= 15 is 0 Å². The van der Waals surface area contributed by atoms with Gasteiger partial charge in [-0.2, -0.15) is 4.80 Å². The first-order chi connectivity index (χ1) is 7.66. The molecule has 1 aromatic carbocycles. The van der Waals surface area contributed by atoms with Crippen molar-refractivity contribution in [1.82, 2.24) is 15.0 Å². The zero-order chi connectivity index (χ0) is 11.5. The number of anilines is 1. The number of hydrogen-bond acceptors (Lipinski definition) is 4. The van der Waals surface area contributed by atoms with Crippen molar-refractivity contribution in [3.8, 4) is 0 Å². The van der Waals surface area contributed by atoms with Crippen LogP contribution in [0.1, 0.15) is 16.1 Å². The second-order valence-corrected chi connectivity index (χ2v) is 3.25. The first-order valence-corrected chi connectivity index (χ1v) is 4.64. The fraction of sp³-hybridized carbons (Fsp3) is 0.100. The normalized spacial score (nSPS) is 10.2. The number of aromatic carboxylic acids is 1. The molecule has 0 saturated heterocycles. The van der Waals surface area contributed by atoms with Crippen LogP contribution in [0.2, 0.25) is 0 Å². The van der Waals surface area contributed by atoms with Crippen LogP contribution in [-0.2, 0) is 6.54 Å². The van der Waals surface area contributed by atoms with Crippen LogP contribution in [-0.4, -0.2) is 26.1 Å². The minimum absolute atomic E-state index is 0.0663. The molecule has 82 valence electrons. The van der Waals surface area contributed by atoms with Crippen molar-refractivity contribution in [2.24, 2.45) is 0 Å². The zero-order valence-corrected chi connectivity index (χ0v) is 8.37. The molecule has 6 heteroatoms. The lowest BCUT2D eigenvalue weighted by atomic mass is 10.2. The average Bonchev–Trinajstić information content (AvgIpc) is 2.61. The Morgan fingerprint density at radius 1 is 1.31 bits per heavy atom. The van der Waals surface area contributed by atoms with Crippen LogP contribution in [0.5, 0.6) is 0 Å². The van der Waals surface area contributed by atoms with Gasteiger partial charge in [-0.05, 0) is 5.56 Å². The topological polar surface area (TPSA) is 94.0 Å². The van der Waals surface area contributed by atoms with Crippen molar-refractivity contribution in [3.63, 3.8) is 0 Å². The molecule has 1 aromatic heterocycles. The summed E-state index contributed by atoms with van der Waals surface area (Å²) in [6, 6.07) is 9.48. The van der Waals surface area contributed by atoms with Gasteiger partial charge in [0.15, 0.2) is 5.82 Å². The van der Waals surface area contributed by atoms with Crippen LogP contribution in [0, 0.1) is 0 Å². The Bertz CT molecular complexity index is 507. The van der Waals surface area contributed by atoms with E-state index in [1.165, 1.54) is 4.80 Å². The van der Waals surface area contributed by atoms with Crippen LogP contribution >= 0.6 is 0 Å². The van der Waals surface area contributed by atoms with Crippen molar-refractivity contribution in [2.45, 2.75) is 6.54 Å². The molecule has 3 N–H and O–H groups in total. The number of nitrogen functional groups attached to an aromatic ring is 1. The predicted octanol–water partition coefficient (Wildman–Crippen LogP) is 0.607. The largest absolute Gasteiger partial charge is 0.476 e. The van der Waals surface area contributed by atoms with Gasteiger partial charge in [0.2, 0.25) is 5.69 Å². The van der Waals surface area contributed by atoms with Gasteiger partial charge in [-0.3, -0.25) is 0 Å². The Morgan fingerprint density at radius 3 is 2.56 bits per heavy atom. The molecule has 0 fully saturated rings. The molecule has 0 bridgehead atoms. The van der Waals surface area contributed by atoms with Crippen LogP contribution in [0.15, 0.2) is 30.3 Å². The summed E-state index contributed by atoms with van der Waals surface area (Å²) in [7, 11) is 0. The van der Waals surface area contributed by atoms with E-state index in [0.717, 1.165) is 5.56 Å². The van der Waals surface area contributed by atoms with Crippen molar-refractivity contribution in [1.29, 1.82) is 0 Å². The van der Waals surface area contributed by atoms with Gasteiger partial charge < -0.3 is 10.8 Å². The number of carbonyl (C=O) groups is 1. The van der Waals surface area contributed by atoms with Gasteiger partial charge in [0.25, 0.3) is 0 Å². The molecule has 16 heavy (non-hydrogen) atoms. The maximum Gasteiger partial charge on any atom is 0.360 e. The first kappa shape index (κ1) is 10.2. The summed E-state index contributed by atoms with van der Waals surface area (Å²) in [5, 5.41) is 16.4. The third-order valence-corrected chi connectivity index (χ3v) is 2.05. The molecular formula is C10H10N4O2. The fourth-order valence-corrected chi connectivity index (χ4v) is 1.33. The molecule has 0 amide bonds. The molecule has 0 saturated carbocycles. The lowest BCUT2D eigenvalue weighted by Crippen LogP contribution is -2.05. The minimum Gasteiger partial charge on any atom is -0.476 e. The third-order valence-electron chi connectivity index (χ3n) is 2.05. The monoisotopic (exact) mass is 218 g/mol. The number of carboxylic acids is 1. The van der Waals surface area contributed by atoms with Crippen molar-refractivity contribution in [2.75, 3.05) is 5.73 Å². The summed E-state index contributed by atoms with van der Waals surface area (Å²) in [6.07, 6.45) is 0. The Morgan fingerprint density at radius 2 is 2.00 bits per heavy atom. The number of hydrogen-bond donors (Lipinski definition) is 2. The van der Waals surface area contributed by atoms with Gasteiger partial charge in [0.05, 0.1) is 6.54 Å². The smallest absolute Gasteiger partial charge is 0.360 e. The molecular weight excluding hydrogens is 208 g/mol. The van der Waals surface area contributed by atoms with E-state index in [1.54, 1.807) is 0 Å². The van der Waals surface area contributed by atoms with Crippen molar-refractivity contribution < 1.29 is 9.90 Å². The Kier molecular flexibility index (Phi) is 2.55. The highest BCUT2D eigenvalue weighted by atomic mass is 16.4. The molecule has 0 spiro atoms. The summed E-state index contributed by atoms with van der Waals surface area (Å²) in [6.45, 7) is 0.401. The van der Waals surface area contributed by atoms with Gasteiger partial charge in [-0.25, -0.2) is 4.79 Å². The highest BCUT2D eigenvalue weighted by molar-refractivity contribution is 5.89. The summed E-state index contributed by atoms with van der Waals surface area (Å²) < 4.78 is 0. The number of aromatic nitrogens is 3. The van der Waals surface area contributed by atoms with Gasteiger partial charge >= 0.3 is 5.97 Å². The summed E-state index contributed by atoms with van der Waals surface area (Å²) in [5.74, 6) is -1.24. The molecule has 1 heterocycles. The van der Waals surface area contributed by atoms with Gasteiger partial charge in [-0.1, -0.05) is 30.3 Å². The maximum atomic E-state index is 10.7. The second kappa shape index (κ2) is 4.01. The molecule has 0 aliphatic heterocycles. The molecule has 2 rings (SSSR count). The highest BCUT2D eigenvalue weighted by Crippen LogP contribution is 2.06. The van der Waals surface area contributed by atoms with Gasteiger partial charge in [0, 0.05) is 0 Å². The Hall–Kier alpha value is -2.37. The number of nitrogens with zero attached hydrogens (tertiary/aromatic N) is 3. The van der Waals surface area contributed by atoms with E-state index in [2.05, 4.69) is 10.2 Å². The lowest BCUT2D eigenvalue weighted by molar-refractivity contribution is 0.0690. The standard InChI is InChI=1S/C10H10N4O2/c11-9-8(10(15)16)12-14(13-9)6-7-4-2-1-3-5-7/h1-5H,6H2,(H2,11,13)(H,15,16). The molecule has 0 radical (unpaired) electrons. The third kappa shape index (κ3) is 2.00. The van der Waals surface area contributed by atoms with Crippen molar-refractivity contribution in [3.05, 3.63) is 41.6 Å². The molecule has 0 aliphatic rings. The second-order valence-electron chi connectivity index (χ2n) is 3.25. The van der Waals surface area contributed by atoms with E-state index < -0.39 is 5.97 Å². The average molecular weight is 218 g/mol. The number of carboxylic acid groups (broad SMARTS) is 1. The number of nitrogens with two attached hydrogens (primary N) is 1.